The third-order valence-electron chi connectivity index (χ3n) is 4.95. The van der Waals surface area contributed by atoms with Gasteiger partial charge in [-0.1, -0.05) is 60.7 Å². The predicted octanol–water partition coefficient (Wildman–Crippen LogP) is 4.48. The van der Waals surface area contributed by atoms with Crippen molar-refractivity contribution in [2.24, 2.45) is 5.73 Å². The van der Waals surface area contributed by atoms with Crippen LogP contribution in [0.2, 0.25) is 0 Å². The SMILES string of the molecule is N#CC1=C(N)OC(c2ccccc2)=C(S(=O)(=O)c2ccccc2)[C@H]1c1ccc(F)cc1. The Morgan fingerprint density at radius 3 is 2.06 bits per heavy atom. The molecular formula is C24H17FN2O3S. The molecule has 0 bridgehead atoms. The summed E-state index contributed by atoms with van der Waals surface area (Å²) >= 11 is 0. The zero-order valence-corrected chi connectivity index (χ0v) is 17.0. The Morgan fingerprint density at radius 1 is 0.903 bits per heavy atom. The molecule has 7 heteroatoms. The van der Waals surface area contributed by atoms with Crippen LogP contribution in [0, 0.1) is 17.1 Å². The topological polar surface area (TPSA) is 93.2 Å². The lowest BCUT2D eigenvalue weighted by Crippen LogP contribution is -2.25. The molecule has 0 spiro atoms. The molecule has 154 valence electrons. The number of nitrogens with zero attached hydrogens (tertiary/aromatic N) is 1. The first-order valence-corrected chi connectivity index (χ1v) is 10.8. The van der Waals surface area contributed by atoms with Crippen molar-refractivity contribution in [1.82, 2.24) is 0 Å². The van der Waals surface area contributed by atoms with Gasteiger partial charge in [-0.05, 0) is 29.8 Å². The maximum atomic E-state index is 13.8. The summed E-state index contributed by atoms with van der Waals surface area (Å²) in [6.07, 6.45) is 0. The van der Waals surface area contributed by atoms with Crippen LogP contribution < -0.4 is 5.73 Å². The van der Waals surface area contributed by atoms with E-state index in [1.165, 1.54) is 36.4 Å². The maximum absolute atomic E-state index is 13.8. The first-order valence-electron chi connectivity index (χ1n) is 9.36. The van der Waals surface area contributed by atoms with E-state index in [-0.39, 0.29) is 27.0 Å². The van der Waals surface area contributed by atoms with Gasteiger partial charge in [-0.25, -0.2) is 12.8 Å². The summed E-state index contributed by atoms with van der Waals surface area (Å²) in [5, 5.41) is 9.80. The van der Waals surface area contributed by atoms with E-state index >= 15 is 0 Å². The zero-order chi connectivity index (χ0) is 22.0. The Hall–Kier alpha value is -3.89. The fraction of sp³-hybridized carbons (Fsp3) is 0.0417. The third kappa shape index (κ3) is 3.69. The van der Waals surface area contributed by atoms with Crippen LogP contribution in [0.3, 0.4) is 0 Å². The molecule has 0 saturated carbocycles. The summed E-state index contributed by atoms with van der Waals surface area (Å²) in [6, 6.07) is 23.8. The number of hydrogen-bond donors (Lipinski definition) is 1. The first kappa shape index (κ1) is 20.4. The Balaban J connectivity index is 2.07. The predicted molar refractivity (Wildman–Crippen MR) is 114 cm³/mol. The number of halogens is 1. The van der Waals surface area contributed by atoms with E-state index in [1.54, 1.807) is 48.5 Å². The Bertz CT molecular complexity index is 1330. The van der Waals surface area contributed by atoms with Crippen molar-refractivity contribution in [2.75, 3.05) is 0 Å². The van der Waals surface area contributed by atoms with Crippen LogP contribution in [-0.2, 0) is 14.6 Å². The molecule has 1 atom stereocenters. The Labute approximate surface area is 179 Å². The van der Waals surface area contributed by atoms with Gasteiger partial charge >= 0.3 is 0 Å². The number of rotatable bonds is 4. The maximum Gasteiger partial charge on any atom is 0.207 e. The first-order chi connectivity index (χ1) is 14.9. The highest BCUT2D eigenvalue weighted by Crippen LogP contribution is 2.46. The molecule has 2 N–H and O–H groups in total. The minimum Gasteiger partial charge on any atom is -0.439 e. The highest BCUT2D eigenvalue weighted by atomic mass is 32.2. The van der Waals surface area contributed by atoms with E-state index in [4.69, 9.17) is 10.5 Å². The highest BCUT2D eigenvalue weighted by molar-refractivity contribution is 7.95. The molecule has 5 nitrogen and oxygen atoms in total. The van der Waals surface area contributed by atoms with Gasteiger partial charge in [0.2, 0.25) is 15.7 Å². The van der Waals surface area contributed by atoms with Crippen LogP contribution in [0.5, 0.6) is 0 Å². The smallest absolute Gasteiger partial charge is 0.207 e. The van der Waals surface area contributed by atoms with Gasteiger partial charge in [-0.15, -0.1) is 0 Å². The molecule has 0 aliphatic carbocycles. The molecule has 0 fully saturated rings. The van der Waals surface area contributed by atoms with Gasteiger partial charge in [-0.3, -0.25) is 0 Å². The normalized spacial score (nSPS) is 16.6. The van der Waals surface area contributed by atoms with Gasteiger partial charge in [-0.2, -0.15) is 5.26 Å². The van der Waals surface area contributed by atoms with Crippen LogP contribution >= 0.6 is 0 Å². The minimum absolute atomic E-state index is 0.0373. The molecule has 1 aliphatic rings. The van der Waals surface area contributed by atoms with Crippen LogP contribution in [0.1, 0.15) is 17.0 Å². The Kier molecular flexibility index (Phi) is 5.32. The summed E-state index contributed by atoms with van der Waals surface area (Å²) in [5.41, 5.74) is 6.90. The average molecular weight is 432 g/mol. The molecule has 3 aromatic carbocycles. The Morgan fingerprint density at radius 2 is 1.48 bits per heavy atom. The lowest BCUT2D eigenvalue weighted by molar-refractivity contribution is 0.358. The van der Waals surface area contributed by atoms with Gasteiger partial charge < -0.3 is 10.5 Å². The van der Waals surface area contributed by atoms with Crippen molar-refractivity contribution < 1.29 is 17.5 Å². The summed E-state index contributed by atoms with van der Waals surface area (Å²) in [7, 11) is -4.11. The molecule has 0 saturated heterocycles. The summed E-state index contributed by atoms with van der Waals surface area (Å²) < 4.78 is 46.9. The number of nitriles is 1. The van der Waals surface area contributed by atoms with E-state index in [0.29, 0.717) is 11.1 Å². The quantitative estimate of drug-likeness (QED) is 0.656. The van der Waals surface area contributed by atoms with E-state index < -0.39 is 21.6 Å². The fourth-order valence-electron chi connectivity index (χ4n) is 3.51. The van der Waals surface area contributed by atoms with Crippen molar-refractivity contribution in [1.29, 1.82) is 5.26 Å². The summed E-state index contributed by atoms with van der Waals surface area (Å²) in [5.74, 6) is -1.69. The third-order valence-corrected chi connectivity index (χ3v) is 6.85. The van der Waals surface area contributed by atoms with Crippen LogP contribution in [0.25, 0.3) is 5.76 Å². The van der Waals surface area contributed by atoms with Gasteiger partial charge in [0, 0.05) is 5.56 Å². The molecule has 3 aromatic rings. The molecule has 0 radical (unpaired) electrons. The number of benzene rings is 3. The van der Waals surface area contributed by atoms with E-state index in [1.807, 2.05) is 6.07 Å². The van der Waals surface area contributed by atoms with Gasteiger partial charge in [0.05, 0.1) is 10.8 Å². The molecule has 31 heavy (non-hydrogen) atoms. The monoisotopic (exact) mass is 432 g/mol. The lowest BCUT2D eigenvalue weighted by Gasteiger charge is -2.29. The van der Waals surface area contributed by atoms with Crippen molar-refractivity contribution in [3.05, 3.63) is 118 Å². The van der Waals surface area contributed by atoms with E-state index in [2.05, 4.69) is 0 Å². The van der Waals surface area contributed by atoms with Crippen LogP contribution in [-0.4, -0.2) is 8.42 Å². The van der Waals surface area contributed by atoms with Crippen LogP contribution in [0.4, 0.5) is 4.39 Å². The number of hydrogen-bond acceptors (Lipinski definition) is 5. The second-order valence-electron chi connectivity index (χ2n) is 6.85. The largest absolute Gasteiger partial charge is 0.439 e. The second-order valence-corrected chi connectivity index (χ2v) is 8.77. The fourth-order valence-corrected chi connectivity index (χ4v) is 5.24. The number of nitrogens with two attached hydrogens (primary N) is 1. The van der Waals surface area contributed by atoms with Crippen molar-refractivity contribution in [2.45, 2.75) is 10.8 Å². The summed E-state index contributed by atoms with van der Waals surface area (Å²) in [4.78, 5) is -0.0748. The molecule has 0 aromatic heterocycles. The second kappa shape index (κ2) is 8.09. The molecular weight excluding hydrogens is 415 g/mol. The van der Waals surface area contributed by atoms with Crippen molar-refractivity contribution in [3.8, 4) is 6.07 Å². The van der Waals surface area contributed by atoms with Gasteiger partial charge in [0.15, 0.2) is 5.76 Å². The number of sulfone groups is 1. The summed E-state index contributed by atoms with van der Waals surface area (Å²) in [6.45, 7) is 0. The standard InChI is InChI=1S/C24H17FN2O3S/c25-18-13-11-16(12-14-18)21-20(15-26)24(27)30-22(17-7-3-1-4-8-17)23(21)31(28,29)19-9-5-2-6-10-19/h1-14,21H,27H2/t21-/m0/s1. The average Bonchev–Trinajstić information content (AvgIpc) is 2.80. The number of allylic oxidation sites excluding steroid dienone is 2. The lowest BCUT2D eigenvalue weighted by atomic mass is 9.88. The van der Waals surface area contributed by atoms with E-state index in [9.17, 15) is 18.1 Å². The van der Waals surface area contributed by atoms with E-state index in [0.717, 1.165) is 0 Å². The zero-order valence-electron chi connectivity index (χ0n) is 16.2. The number of ether oxygens (including phenoxy) is 1. The molecule has 0 unspecified atom stereocenters. The van der Waals surface area contributed by atoms with Crippen molar-refractivity contribution in [3.63, 3.8) is 0 Å². The van der Waals surface area contributed by atoms with Crippen molar-refractivity contribution >= 4 is 15.6 Å². The molecule has 0 amide bonds. The molecule has 4 rings (SSSR count). The van der Waals surface area contributed by atoms with Crippen LogP contribution in [0.15, 0.2) is 106 Å². The highest BCUT2D eigenvalue weighted by Gasteiger charge is 2.41. The molecule has 1 aliphatic heterocycles. The molecule has 1 heterocycles. The minimum atomic E-state index is -4.11. The van der Waals surface area contributed by atoms with Gasteiger partial charge in [0.1, 0.15) is 22.4 Å². The van der Waals surface area contributed by atoms with Gasteiger partial charge in [0.25, 0.3) is 0 Å².